The van der Waals surface area contributed by atoms with Crippen molar-refractivity contribution >= 4 is 17.4 Å². The number of hydrogen-bond acceptors (Lipinski definition) is 3. The summed E-state index contributed by atoms with van der Waals surface area (Å²) in [5.41, 5.74) is 5.75. The van der Waals surface area contributed by atoms with Crippen LogP contribution in [0.3, 0.4) is 0 Å². The summed E-state index contributed by atoms with van der Waals surface area (Å²) < 4.78 is 0.244. The fourth-order valence-electron chi connectivity index (χ4n) is 6.25. The molecule has 1 fully saturated rings. The van der Waals surface area contributed by atoms with E-state index in [4.69, 9.17) is 0 Å². The van der Waals surface area contributed by atoms with Gasteiger partial charge < -0.3 is 4.90 Å². The number of nitrogens with zero attached hydrogens (tertiary/aromatic N) is 2. The molecule has 36 heavy (non-hydrogen) atoms. The highest BCUT2D eigenvalue weighted by atomic mass is 16.2. The highest BCUT2D eigenvalue weighted by molar-refractivity contribution is 5.97. The molecule has 2 aliphatic rings. The van der Waals surface area contributed by atoms with Gasteiger partial charge in [-0.1, -0.05) is 54.8 Å². The van der Waals surface area contributed by atoms with Crippen molar-refractivity contribution in [3.63, 3.8) is 0 Å². The second-order valence-corrected chi connectivity index (χ2v) is 11.7. The van der Waals surface area contributed by atoms with Gasteiger partial charge in [0.15, 0.2) is 5.78 Å². The lowest BCUT2D eigenvalue weighted by Gasteiger charge is -2.30. The Morgan fingerprint density at radius 3 is 2.50 bits per heavy atom. The van der Waals surface area contributed by atoms with E-state index >= 15 is 0 Å². The Balaban J connectivity index is 1.28. The molecule has 1 amide bonds. The van der Waals surface area contributed by atoms with Crippen LogP contribution in [-0.4, -0.2) is 50.3 Å². The van der Waals surface area contributed by atoms with Crippen molar-refractivity contribution in [3.05, 3.63) is 64.7 Å². The Kier molecular flexibility index (Phi) is 8.79. The average molecular weight is 490 g/mol. The number of amides is 1. The zero-order valence-corrected chi connectivity index (χ0v) is 22.9. The summed E-state index contributed by atoms with van der Waals surface area (Å²) >= 11 is 0. The number of ketones is 1. The van der Waals surface area contributed by atoms with E-state index < -0.39 is 0 Å². The summed E-state index contributed by atoms with van der Waals surface area (Å²) in [6.45, 7) is 7.29. The largest absolute Gasteiger partial charge is 0.321 e. The molecule has 2 unspecified atom stereocenters. The smallest absolute Gasteiger partial charge is 0.303 e. The second kappa shape index (κ2) is 11.8. The van der Waals surface area contributed by atoms with E-state index in [-0.39, 0.29) is 16.2 Å². The van der Waals surface area contributed by atoms with E-state index in [1.807, 2.05) is 26.2 Å². The Morgan fingerprint density at radius 1 is 0.972 bits per heavy atom. The molecule has 0 aromatic heterocycles. The summed E-state index contributed by atoms with van der Waals surface area (Å²) in [6.07, 6.45) is 10.2. The molecule has 0 N–H and O–H groups in total. The first kappa shape index (κ1) is 26.8. The molecular weight excluding hydrogens is 444 g/mol. The molecule has 2 aliphatic heterocycles. The van der Waals surface area contributed by atoms with Crippen LogP contribution in [0.4, 0.5) is 5.69 Å². The van der Waals surface area contributed by atoms with Crippen LogP contribution >= 0.6 is 0 Å². The van der Waals surface area contributed by atoms with Crippen molar-refractivity contribution in [3.8, 4) is 0 Å². The van der Waals surface area contributed by atoms with Crippen LogP contribution in [0.25, 0.3) is 0 Å². The molecule has 0 aliphatic carbocycles. The molecule has 2 aromatic rings. The van der Waals surface area contributed by atoms with Crippen LogP contribution in [0.5, 0.6) is 0 Å². The lowest BCUT2D eigenvalue weighted by Crippen LogP contribution is -2.49. The number of Topliss-reactive ketones (excluding diaryl/α,β-unsaturated/α-hetero) is 1. The molecule has 2 heterocycles. The number of quaternary nitrogens is 1. The van der Waals surface area contributed by atoms with Gasteiger partial charge in [-0.15, -0.1) is 0 Å². The molecule has 2 atom stereocenters. The number of rotatable bonds is 7. The van der Waals surface area contributed by atoms with Gasteiger partial charge in [0.2, 0.25) is 0 Å². The number of benzene rings is 2. The van der Waals surface area contributed by atoms with Gasteiger partial charge in [0.25, 0.3) is 0 Å². The number of aryl methyl sites for hydroxylation is 2. The zero-order chi connectivity index (χ0) is 25.7. The second-order valence-electron chi connectivity index (χ2n) is 11.7. The molecule has 0 spiro atoms. The van der Waals surface area contributed by atoms with E-state index in [2.05, 4.69) is 42.2 Å². The Hall–Kier alpha value is -2.30. The third-order valence-corrected chi connectivity index (χ3v) is 8.65. The Morgan fingerprint density at radius 2 is 1.75 bits per heavy atom. The SMILES string of the molecule is CC(=O)c1ccc2c(c1)[N+](C)(C)C(=O)C(CCCCN1CCCCC(c3ccc(C)cc3)CC1)CC2. The topological polar surface area (TPSA) is 37.4 Å². The van der Waals surface area contributed by atoms with Crippen molar-refractivity contribution in [2.45, 2.75) is 77.6 Å². The van der Waals surface area contributed by atoms with E-state index in [1.54, 1.807) is 6.92 Å². The lowest BCUT2D eigenvalue weighted by atomic mass is 9.88. The van der Waals surface area contributed by atoms with Crippen molar-refractivity contribution in [2.75, 3.05) is 33.7 Å². The van der Waals surface area contributed by atoms with Gasteiger partial charge in [-0.05, 0) is 89.9 Å². The molecule has 0 bridgehead atoms. The van der Waals surface area contributed by atoms with Gasteiger partial charge in [0.05, 0.1) is 20.0 Å². The summed E-state index contributed by atoms with van der Waals surface area (Å²) in [5, 5.41) is 0. The quantitative estimate of drug-likeness (QED) is 0.247. The maximum Gasteiger partial charge on any atom is 0.321 e. The van der Waals surface area contributed by atoms with E-state index in [0.717, 1.165) is 44.3 Å². The van der Waals surface area contributed by atoms with Crippen LogP contribution in [0.1, 0.15) is 91.3 Å². The van der Waals surface area contributed by atoms with Crippen LogP contribution in [-0.2, 0) is 11.2 Å². The molecule has 4 heteroatoms. The third kappa shape index (κ3) is 6.33. The number of likely N-dealkylation sites (tertiary alicyclic amines) is 1. The third-order valence-electron chi connectivity index (χ3n) is 8.65. The van der Waals surface area contributed by atoms with Gasteiger partial charge in [-0.25, -0.2) is 9.28 Å². The average Bonchev–Trinajstić information content (AvgIpc) is 2.93. The highest BCUT2D eigenvalue weighted by Crippen LogP contribution is 2.35. The fourth-order valence-corrected chi connectivity index (χ4v) is 6.25. The van der Waals surface area contributed by atoms with Crippen LogP contribution in [0.15, 0.2) is 42.5 Å². The first-order valence-electron chi connectivity index (χ1n) is 14.1. The normalized spacial score (nSPS) is 22.8. The van der Waals surface area contributed by atoms with Gasteiger partial charge in [0, 0.05) is 17.2 Å². The predicted molar refractivity (Wildman–Crippen MR) is 150 cm³/mol. The van der Waals surface area contributed by atoms with Crippen molar-refractivity contribution < 1.29 is 9.59 Å². The maximum absolute atomic E-state index is 13.6. The number of carbonyl (C=O) groups excluding carboxylic acids is 2. The molecule has 194 valence electrons. The van der Waals surface area contributed by atoms with Crippen molar-refractivity contribution in [1.82, 2.24) is 9.38 Å². The molecule has 0 radical (unpaired) electrons. The fraction of sp³-hybridized carbons (Fsp3) is 0.562. The van der Waals surface area contributed by atoms with Crippen LogP contribution in [0.2, 0.25) is 0 Å². The summed E-state index contributed by atoms with van der Waals surface area (Å²) in [5.74, 6) is 1.12. The first-order valence-corrected chi connectivity index (χ1v) is 14.1. The standard InChI is InChI=1S/C32H45N2O2/c1-24-11-13-27(14-12-24)26-9-5-7-20-33(22-19-26)21-8-6-10-29-17-15-28-16-18-30(25(2)35)23-31(28)34(3,4)32(29)36/h11-14,16,18,23,26,29H,5-10,15,17,19-22H2,1-4H3/q+1. The van der Waals surface area contributed by atoms with E-state index in [0.29, 0.717) is 17.4 Å². The highest BCUT2D eigenvalue weighted by Gasteiger charge is 2.40. The van der Waals surface area contributed by atoms with E-state index in [9.17, 15) is 9.59 Å². The van der Waals surface area contributed by atoms with Gasteiger partial charge in [-0.2, -0.15) is 0 Å². The van der Waals surface area contributed by atoms with E-state index in [1.165, 1.54) is 55.5 Å². The lowest BCUT2D eigenvalue weighted by molar-refractivity contribution is -0.132. The number of unbranched alkanes of at least 4 members (excludes halogenated alkanes) is 1. The predicted octanol–water partition coefficient (Wildman–Crippen LogP) is 6.68. The molecule has 4 nitrogen and oxygen atoms in total. The number of fused-ring (bicyclic) bond motifs is 1. The minimum absolute atomic E-state index is 0.0560. The molecule has 0 saturated carbocycles. The first-order chi connectivity index (χ1) is 17.3. The molecule has 4 rings (SSSR count). The molecular formula is C32H45N2O2+. The summed E-state index contributed by atoms with van der Waals surface area (Å²) in [6, 6.07) is 15.1. The van der Waals surface area contributed by atoms with Crippen LogP contribution < -0.4 is 4.48 Å². The monoisotopic (exact) mass is 489 g/mol. The van der Waals surface area contributed by atoms with Crippen molar-refractivity contribution in [1.29, 1.82) is 0 Å². The summed E-state index contributed by atoms with van der Waals surface area (Å²) in [7, 11) is 3.99. The summed E-state index contributed by atoms with van der Waals surface area (Å²) in [4.78, 5) is 28.1. The minimum Gasteiger partial charge on any atom is -0.303 e. The molecule has 2 aromatic carbocycles. The zero-order valence-electron chi connectivity index (χ0n) is 22.9. The maximum atomic E-state index is 13.6. The Bertz CT molecular complexity index is 1060. The van der Waals surface area contributed by atoms with Gasteiger partial charge in [-0.3, -0.25) is 4.79 Å². The number of carbonyl (C=O) groups is 2. The molecule has 1 saturated heterocycles. The minimum atomic E-state index is 0.0560. The van der Waals surface area contributed by atoms with Crippen molar-refractivity contribution in [2.24, 2.45) is 5.92 Å². The number of hydrogen-bond donors (Lipinski definition) is 0. The van der Waals surface area contributed by atoms with Gasteiger partial charge >= 0.3 is 5.91 Å². The van der Waals surface area contributed by atoms with Crippen LogP contribution in [0, 0.1) is 12.8 Å². The van der Waals surface area contributed by atoms with Gasteiger partial charge in [0.1, 0.15) is 5.69 Å². The Labute approximate surface area is 218 Å².